The molecule has 5 nitrogen and oxygen atoms in total. The van der Waals surface area contributed by atoms with Crippen LogP contribution in [0.3, 0.4) is 0 Å². The number of nitrogens with one attached hydrogen (secondary N) is 1. The molecule has 0 radical (unpaired) electrons. The van der Waals surface area contributed by atoms with Gasteiger partial charge in [-0.25, -0.2) is 4.98 Å². The molecule has 0 spiro atoms. The SMILES string of the molecule is CCOc1ccc(N=Nc2ncc[nH]2)cc1. The zero-order chi connectivity index (χ0) is 11.2. The molecule has 0 unspecified atom stereocenters. The summed E-state index contributed by atoms with van der Waals surface area (Å²) < 4.78 is 5.32. The standard InChI is InChI=1S/C11H12N4O/c1-2-16-10-5-3-9(4-6-10)14-15-11-12-7-8-13-11/h3-8H,2H2,1H3,(H,12,13). The molecule has 0 atom stereocenters. The average molecular weight is 216 g/mol. The molecular formula is C11H12N4O. The van der Waals surface area contributed by atoms with E-state index in [1.54, 1.807) is 12.4 Å². The fraction of sp³-hybridized carbons (Fsp3) is 0.182. The van der Waals surface area contributed by atoms with Crippen molar-refractivity contribution in [2.75, 3.05) is 6.61 Å². The Balaban J connectivity index is 2.05. The molecule has 1 heterocycles. The number of hydrogen-bond acceptors (Lipinski definition) is 4. The van der Waals surface area contributed by atoms with Crippen LogP contribution in [0.25, 0.3) is 0 Å². The molecule has 16 heavy (non-hydrogen) atoms. The van der Waals surface area contributed by atoms with Gasteiger partial charge in [0.1, 0.15) is 5.75 Å². The van der Waals surface area contributed by atoms with Gasteiger partial charge in [-0.1, -0.05) is 0 Å². The lowest BCUT2D eigenvalue weighted by Crippen LogP contribution is -1.89. The normalized spacial score (nSPS) is 10.8. The van der Waals surface area contributed by atoms with Gasteiger partial charge in [0.15, 0.2) is 0 Å². The quantitative estimate of drug-likeness (QED) is 0.797. The van der Waals surface area contributed by atoms with Gasteiger partial charge >= 0.3 is 0 Å². The highest BCUT2D eigenvalue weighted by Gasteiger charge is 1.93. The summed E-state index contributed by atoms with van der Waals surface area (Å²) in [5, 5.41) is 7.96. The van der Waals surface area contributed by atoms with E-state index < -0.39 is 0 Å². The van der Waals surface area contributed by atoms with Crippen molar-refractivity contribution >= 4 is 11.6 Å². The number of aromatic amines is 1. The minimum absolute atomic E-state index is 0.494. The van der Waals surface area contributed by atoms with E-state index in [-0.39, 0.29) is 0 Å². The molecule has 1 aromatic heterocycles. The number of hydrogen-bond donors (Lipinski definition) is 1. The van der Waals surface area contributed by atoms with Crippen LogP contribution in [0, 0.1) is 0 Å². The van der Waals surface area contributed by atoms with Crippen LogP contribution in [0.5, 0.6) is 5.75 Å². The summed E-state index contributed by atoms with van der Waals surface area (Å²) in [6, 6.07) is 7.41. The zero-order valence-electron chi connectivity index (χ0n) is 8.92. The van der Waals surface area contributed by atoms with Crippen LogP contribution >= 0.6 is 0 Å². The molecule has 0 saturated heterocycles. The monoisotopic (exact) mass is 216 g/mol. The highest BCUT2D eigenvalue weighted by molar-refractivity contribution is 5.40. The van der Waals surface area contributed by atoms with Gasteiger partial charge in [-0.15, -0.1) is 10.2 Å². The molecule has 2 aromatic rings. The van der Waals surface area contributed by atoms with E-state index in [1.807, 2.05) is 31.2 Å². The van der Waals surface area contributed by atoms with Crippen LogP contribution in [0.4, 0.5) is 11.6 Å². The van der Waals surface area contributed by atoms with Gasteiger partial charge in [0, 0.05) is 12.4 Å². The third-order valence-electron chi connectivity index (χ3n) is 1.89. The van der Waals surface area contributed by atoms with Crippen molar-refractivity contribution in [3.63, 3.8) is 0 Å². The summed E-state index contributed by atoms with van der Waals surface area (Å²) in [6.45, 7) is 2.61. The van der Waals surface area contributed by atoms with Crippen LogP contribution in [0.1, 0.15) is 6.92 Å². The highest BCUT2D eigenvalue weighted by Crippen LogP contribution is 2.19. The molecule has 2 rings (SSSR count). The first-order valence-corrected chi connectivity index (χ1v) is 5.02. The van der Waals surface area contributed by atoms with Crippen LogP contribution in [0.2, 0.25) is 0 Å². The van der Waals surface area contributed by atoms with Crippen molar-refractivity contribution in [2.24, 2.45) is 10.2 Å². The molecule has 1 N–H and O–H groups in total. The zero-order valence-corrected chi connectivity index (χ0v) is 8.92. The maximum Gasteiger partial charge on any atom is 0.246 e. The number of benzene rings is 1. The number of imidazole rings is 1. The Morgan fingerprint density at radius 3 is 2.69 bits per heavy atom. The van der Waals surface area contributed by atoms with E-state index >= 15 is 0 Å². The van der Waals surface area contributed by atoms with Gasteiger partial charge in [0.2, 0.25) is 5.95 Å². The summed E-state index contributed by atoms with van der Waals surface area (Å²) in [6.07, 6.45) is 3.33. The summed E-state index contributed by atoms with van der Waals surface area (Å²) in [7, 11) is 0. The first kappa shape index (κ1) is 10.4. The van der Waals surface area contributed by atoms with Crippen LogP contribution in [0.15, 0.2) is 46.9 Å². The van der Waals surface area contributed by atoms with E-state index in [0.29, 0.717) is 12.6 Å². The van der Waals surface area contributed by atoms with Gasteiger partial charge in [-0.3, -0.25) is 0 Å². The summed E-state index contributed by atoms with van der Waals surface area (Å²) in [4.78, 5) is 6.78. The van der Waals surface area contributed by atoms with Crippen LogP contribution in [-0.4, -0.2) is 16.6 Å². The lowest BCUT2D eigenvalue weighted by atomic mass is 10.3. The Hall–Kier alpha value is -2.17. The first-order chi connectivity index (χ1) is 7.88. The second-order valence-corrected chi connectivity index (χ2v) is 3.04. The molecule has 1 aromatic carbocycles. The maximum absolute atomic E-state index is 5.32. The number of aromatic nitrogens is 2. The lowest BCUT2D eigenvalue weighted by Gasteiger charge is -2.01. The largest absolute Gasteiger partial charge is 0.494 e. The molecule has 0 amide bonds. The van der Waals surface area contributed by atoms with Crippen molar-refractivity contribution in [3.8, 4) is 5.75 Å². The fourth-order valence-corrected chi connectivity index (χ4v) is 1.19. The third-order valence-corrected chi connectivity index (χ3v) is 1.89. The van der Waals surface area contributed by atoms with Crippen molar-refractivity contribution < 1.29 is 4.74 Å². The minimum atomic E-state index is 0.494. The van der Waals surface area contributed by atoms with Crippen molar-refractivity contribution in [1.29, 1.82) is 0 Å². The predicted molar refractivity (Wildman–Crippen MR) is 60.4 cm³/mol. The van der Waals surface area contributed by atoms with E-state index in [4.69, 9.17) is 4.74 Å². The molecule has 0 bridgehead atoms. The van der Waals surface area contributed by atoms with Crippen LogP contribution < -0.4 is 4.74 Å². The molecule has 0 aliphatic heterocycles. The van der Waals surface area contributed by atoms with Crippen molar-refractivity contribution in [1.82, 2.24) is 9.97 Å². The Morgan fingerprint density at radius 2 is 2.06 bits per heavy atom. The highest BCUT2D eigenvalue weighted by atomic mass is 16.5. The average Bonchev–Trinajstić information content (AvgIpc) is 2.82. The molecule has 0 aliphatic carbocycles. The number of rotatable bonds is 4. The molecule has 82 valence electrons. The van der Waals surface area contributed by atoms with Gasteiger partial charge in [0.25, 0.3) is 0 Å². The third kappa shape index (κ3) is 2.66. The molecular weight excluding hydrogens is 204 g/mol. The minimum Gasteiger partial charge on any atom is -0.494 e. The summed E-state index contributed by atoms with van der Waals surface area (Å²) in [5.41, 5.74) is 0.764. The van der Waals surface area contributed by atoms with E-state index in [0.717, 1.165) is 11.4 Å². The van der Waals surface area contributed by atoms with E-state index in [1.165, 1.54) is 0 Å². The maximum atomic E-state index is 5.32. The Kier molecular flexibility index (Phi) is 3.28. The number of ether oxygens (including phenoxy) is 1. The summed E-state index contributed by atoms with van der Waals surface area (Å²) >= 11 is 0. The molecule has 0 aliphatic rings. The number of nitrogens with zero attached hydrogens (tertiary/aromatic N) is 3. The predicted octanol–water partition coefficient (Wildman–Crippen LogP) is 3.22. The van der Waals surface area contributed by atoms with Gasteiger partial charge < -0.3 is 9.72 Å². The van der Waals surface area contributed by atoms with Crippen molar-refractivity contribution in [3.05, 3.63) is 36.7 Å². The summed E-state index contributed by atoms with van der Waals surface area (Å²) in [5.74, 6) is 1.33. The van der Waals surface area contributed by atoms with Crippen LogP contribution in [-0.2, 0) is 0 Å². The lowest BCUT2D eigenvalue weighted by molar-refractivity contribution is 0.340. The number of azo groups is 1. The fourth-order valence-electron chi connectivity index (χ4n) is 1.19. The van der Waals surface area contributed by atoms with E-state index in [2.05, 4.69) is 20.2 Å². The second-order valence-electron chi connectivity index (χ2n) is 3.04. The molecule has 0 fully saturated rings. The second kappa shape index (κ2) is 5.06. The molecule has 0 saturated carbocycles. The van der Waals surface area contributed by atoms with Gasteiger partial charge in [0.05, 0.1) is 12.3 Å². The Bertz CT molecular complexity index is 447. The number of H-pyrrole nitrogens is 1. The van der Waals surface area contributed by atoms with Crippen molar-refractivity contribution in [2.45, 2.75) is 6.92 Å². The van der Waals surface area contributed by atoms with Gasteiger partial charge in [-0.2, -0.15) is 0 Å². The first-order valence-electron chi connectivity index (χ1n) is 5.02. The topological polar surface area (TPSA) is 62.6 Å². The Morgan fingerprint density at radius 1 is 1.25 bits per heavy atom. The van der Waals surface area contributed by atoms with E-state index in [9.17, 15) is 0 Å². The smallest absolute Gasteiger partial charge is 0.246 e. The molecule has 5 heteroatoms. The Labute approximate surface area is 93.2 Å². The van der Waals surface area contributed by atoms with Gasteiger partial charge in [-0.05, 0) is 31.2 Å².